The van der Waals surface area contributed by atoms with E-state index in [0.29, 0.717) is 4.47 Å². The molecule has 110 valence electrons. The number of hydrogen-bond acceptors (Lipinski definition) is 3. The summed E-state index contributed by atoms with van der Waals surface area (Å²) in [5.41, 5.74) is -0.277. The molecular formula is C13H9BrClNO4S. The van der Waals surface area contributed by atoms with Crippen LogP contribution in [0.25, 0.3) is 0 Å². The number of rotatable bonds is 4. The number of aromatic carboxylic acids is 1. The zero-order valence-corrected chi connectivity index (χ0v) is 13.5. The third kappa shape index (κ3) is 3.55. The Kier molecular flexibility index (Phi) is 4.55. The van der Waals surface area contributed by atoms with Crippen LogP contribution in [0.4, 0.5) is 5.69 Å². The van der Waals surface area contributed by atoms with Crippen molar-refractivity contribution in [1.82, 2.24) is 0 Å². The fourth-order valence-electron chi connectivity index (χ4n) is 1.65. The van der Waals surface area contributed by atoms with Crippen LogP contribution in [-0.2, 0) is 10.0 Å². The molecule has 0 atom stereocenters. The van der Waals surface area contributed by atoms with E-state index in [1.165, 1.54) is 24.3 Å². The highest BCUT2D eigenvalue weighted by atomic mass is 79.9. The van der Waals surface area contributed by atoms with Crippen LogP contribution in [0.5, 0.6) is 0 Å². The molecule has 0 fully saturated rings. The third-order valence-corrected chi connectivity index (χ3v) is 5.20. The lowest BCUT2D eigenvalue weighted by Gasteiger charge is -2.12. The Labute approximate surface area is 134 Å². The smallest absolute Gasteiger partial charge is 0.337 e. The Morgan fingerprint density at radius 1 is 1.19 bits per heavy atom. The van der Waals surface area contributed by atoms with Gasteiger partial charge in [-0.2, -0.15) is 0 Å². The number of carboxylic acid groups (broad SMARTS) is 1. The number of carboxylic acids is 1. The normalized spacial score (nSPS) is 11.1. The van der Waals surface area contributed by atoms with Crippen LogP contribution in [0.1, 0.15) is 10.4 Å². The van der Waals surface area contributed by atoms with E-state index < -0.39 is 16.0 Å². The molecule has 0 aliphatic rings. The van der Waals surface area contributed by atoms with Gasteiger partial charge in [-0.25, -0.2) is 13.2 Å². The van der Waals surface area contributed by atoms with Crippen molar-refractivity contribution in [2.45, 2.75) is 4.90 Å². The number of anilines is 1. The second-order valence-corrected chi connectivity index (χ2v) is 6.97. The first-order valence-electron chi connectivity index (χ1n) is 5.61. The van der Waals surface area contributed by atoms with Gasteiger partial charge >= 0.3 is 5.97 Å². The van der Waals surface area contributed by atoms with Crippen LogP contribution in [0.15, 0.2) is 51.8 Å². The van der Waals surface area contributed by atoms with E-state index in [2.05, 4.69) is 20.7 Å². The number of carbonyl (C=O) groups is 1. The summed E-state index contributed by atoms with van der Waals surface area (Å²) in [6.07, 6.45) is 0. The summed E-state index contributed by atoms with van der Waals surface area (Å²) in [7, 11) is -3.94. The van der Waals surface area contributed by atoms with Crippen LogP contribution in [0, 0.1) is 0 Å². The van der Waals surface area contributed by atoms with Gasteiger partial charge < -0.3 is 5.11 Å². The van der Waals surface area contributed by atoms with Crippen molar-refractivity contribution >= 4 is 49.2 Å². The second kappa shape index (κ2) is 6.05. The molecule has 5 nitrogen and oxygen atoms in total. The summed E-state index contributed by atoms with van der Waals surface area (Å²) in [5.74, 6) is -1.25. The van der Waals surface area contributed by atoms with Crippen molar-refractivity contribution in [3.05, 3.63) is 57.5 Å². The zero-order valence-electron chi connectivity index (χ0n) is 10.4. The second-order valence-electron chi connectivity index (χ2n) is 4.03. The predicted molar refractivity (Wildman–Crippen MR) is 83.4 cm³/mol. The van der Waals surface area contributed by atoms with Gasteiger partial charge in [-0.3, -0.25) is 4.72 Å². The molecule has 0 aliphatic carbocycles. The maximum atomic E-state index is 12.3. The predicted octanol–water partition coefficient (Wildman–Crippen LogP) is 3.60. The van der Waals surface area contributed by atoms with E-state index in [-0.39, 0.29) is 21.2 Å². The van der Waals surface area contributed by atoms with E-state index in [1.54, 1.807) is 18.2 Å². The van der Waals surface area contributed by atoms with Gasteiger partial charge in [-0.15, -0.1) is 0 Å². The van der Waals surface area contributed by atoms with Crippen molar-refractivity contribution in [2.75, 3.05) is 4.72 Å². The maximum absolute atomic E-state index is 12.3. The molecule has 0 aromatic heterocycles. The molecule has 0 unspecified atom stereocenters. The topological polar surface area (TPSA) is 83.5 Å². The minimum absolute atomic E-state index is 0.00122. The molecule has 2 aromatic rings. The van der Waals surface area contributed by atoms with Crippen molar-refractivity contribution in [3.8, 4) is 0 Å². The molecular weight excluding hydrogens is 382 g/mol. The van der Waals surface area contributed by atoms with Gasteiger partial charge in [0, 0.05) is 9.50 Å². The molecule has 0 saturated carbocycles. The Morgan fingerprint density at radius 2 is 1.86 bits per heavy atom. The van der Waals surface area contributed by atoms with Crippen LogP contribution >= 0.6 is 27.5 Å². The van der Waals surface area contributed by atoms with Crippen molar-refractivity contribution in [3.63, 3.8) is 0 Å². The van der Waals surface area contributed by atoms with E-state index >= 15 is 0 Å². The number of nitrogens with one attached hydrogen (secondary N) is 1. The molecule has 8 heteroatoms. The molecule has 21 heavy (non-hydrogen) atoms. The number of halogens is 2. The number of benzene rings is 2. The average Bonchev–Trinajstić information content (AvgIpc) is 2.38. The first-order valence-corrected chi connectivity index (χ1v) is 8.27. The summed E-state index contributed by atoms with van der Waals surface area (Å²) in [5, 5.41) is 9.32. The summed E-state index contributed by atoms with van der Waals surface area (Å²) in [6.45, 7) is 0. The monoisotopic (exact) mass is 389 g/mol. The lowest BCUT2D eigenvalue weighted by molar-refractivity contribution is 0.0698. The molecule has 0 heterocycles. The molecule has 2 N–H and O–H groups in total. The third-order valence-electron chi connectivity index (χ3n) is 2.58. The standard InChI is InChI=1S/C13H9BrClNO4S/c14-10-3-1-2-4-12(10)21(19,20)16-11-7-8(15)5-6-9(11)13(17)18/h1-7,16H,(H,17,18). The van der Waals surface area contributed by atoms with Crippen molar-refractivity contribution < 1.29 is 18.3 Å². The van der Waals surface area contributed by atoms with Crippen LogP contribution in [0.3, 0.4) is 0 Å². The van der Waals surface area contributed by atoms with Gasteiger partial charge in [0.15, 0.2) is 0 Å². The Balaban J connectivity index is 2.49. The van der Waals surface area contributed by atoms with Crippen LogP contribution in [0.2, 0.25) is 5.02 Å². The first kappa shape index (κ1) is 15.8. The average molecular weight is 391 g/mol. The molecule has 2 rings (SSSR count). The molecule has 0 amide bonds. The zero-order chi connectivity index (χ0) is 15.6. The van der Waals surface area contributed by atoms with Crippen LogP contribution < -0.4 is 4.72 Å². The van der Waals surface area contributed by atoms with Gasteiger partial charge in [0.2, 0.25) is 0 Å². The molecule has 0 spiro atoms. The molecule has 2 aromatic carbocycles. The van der Waals surface area contributed by atoms with E-state index in [0.717, 1.165) is 0 Å². The van der Waals surface area contributed by atoms with Crippen molar-refractivity contribution in [1.29, 1.82) is 0 Å². The summed E-state index contributed by atoms with van der Waals surface area (Å²) >= 11 is 8.94. The fourth-order valence-corrected chi connectivity index (χ4v) is 3.90. The summed E-state index contributed by atoms with van der Waals surface area (Å²) in [4.78, 5) is 11.1. The Morgan fingerprint density at radius 3 is 2.48 bits per heavy atom. The summed E-state index contributed by atoms with van der Waals surface area (Å²) < 4.78 is 27.3. The van der Waals surface area contributed by atoms with Gasteiger partial charge in [-0.05, 0) is 46.3 Å². The quantitative estimate of drug-likeness (QED) is 0.835. The highest BCUT2D eigenvalue weighted by Crippen LogP contribution is 2.27. The van der Waals surface area contributed by atoms with Gasteiger partial charge in [0.25, 0.3) is 10.0 Å². The van der Waals surface area contributed by atoms with Gasteiger partial charge in [-0.1, -0.05) is 23.7 Å². The van der Waals surface area contributed by atoms with E-state index in [1.807, 2.05) is 0 Å². The lowest BCUT2D eigenvalue weighted by Crippen LogP contribution is -2.16. The van der Waals surface area contributed by atoms with Gasteiger partial charge in [0.05, 0.1) is 11.3 Å². The minimum Gasteiger partial charge on any atom is -0.478 e. The first-order chi connectivity index (χ1) is 9.81. The lowest BCUT2D eigenvalue weighted by atomic mass is 10.2. The minimum atomic E-state index is -3.94. The molecule has 0 saturated heterocycles. The largest absolute Gasteiger partial charge is 0.478 e. The Hall–Kier alpha value is -1.57. The summed E-state index contributed by atoms with van der Waals surface area (Å²) in [6, 6.07) is 10.1. The van der Waals surface area contributed by atoms with Crippen molar-refractivity contribution in [2.24, 2.45) is 0 Å². The SMILES string of the molecule is O=C(O)c1ccc(Cl)cc1NS(=O)(=O)c1ccccc1Br. The molecule has 0 bridgehead atoms. The highest BCUT2D eigenvalue weighted by Gasteiger charge is 2.20. The van der Waals surface area contributed by atoms with Gasteiger partial charge in [0.1, 0.15) is 4.90 Å². The Bertz CT molecular complexity index is 808. The number of hydrogen-bond donors (Lipinski definition) is 2. The molecule has 0 radical (unpaired) electrons. The fraction of sp³-hybridized carbons (Fsp3) is 0. The van der Waals surface area contributed by atoms with E-state index in [4.69, 9.17) is 16.7 Å². The number of sulfonamides is 1. The van der Waals surface area contributed by atoms with E-state index in [9.17, 15) is 13.2 Å². The molecule has 0 aliphatic heterocycles. The van der Waals surface area contributed by atoms with Crippen LogP contribution in [-0.4, -0.2) is 19.5 Å². The maximum Gasteiger partial charge on any atom is 0.337 e. The highest BCUT2D eigenvalue weighted by molar-refractivity contribution is 9.10.